The Kier molecular flexibility index (Phi) is 4.06. The molecular weight excluding hydrogens is 274 g/mol. The van der Waals surface area contributed by atoms with Crippen molar-refractivity contribution in [2.75, 3.05) is 6.61 Å². The van der Waals surface area contributed by atoms with Crippen LogP contribution < -0.4 is 15.2 Å². The Morgan fingerprint density at radius 2 is 2.14 bits per heavy atom. The lowest BCUT2D eigenvalue weighted by molar-refractivity contribution is -0.155. The van der Waals surface area contributed by atoms with Crippen LogP contribution in [0.5, 0.6) is 11.5 Å². The molecule has 6 heteroatoms. The molecule has 1 aromatic rings. The molecule has 1 aliphatic rings. The van der Waals surface area contributed by atoms with Crippen LogP contribution in [-0.4, -0.2) is 30.2 Å². The van der Waals surface area contributed by atoms with E-state index in [1.165, 1.54) is 6.92 Å². The Hall–Kier alpha value is -2.24. The van der Waals surface area contributed by atoms with Crippen LogP contribution in [0.2, 0.25) is 0 Å². The van der Waals surface area contributed by atoms with Crippen LogP contribution >= 0.6 is 0 Å². The van der Waals surface area contributed by atoms with Gasteiger partial charge in [-0.2, -0.15) is 0 Å². The topological polar surface area (TPSA) is 87.8 Å². The summed E-state index contributed by atoms with van der Waals surface area (Å²) in [5.74, 6) is -0.217. The van der Waals surface area contributed by atoms with Crippen molar-refractivity contribution in [2.24, 2.45) is 5.73 Å². The van der Waals surface area contributed by atoms with E-state index < -0.39 is 18.0 Å². The summed E-state index contributed by atoms with van der Waals surface area (Å²) in [6.07, 6.45) is -0.194. The van der Waals surface area contributed by atoms with Gasteiger partial charge in [0.25, 0.3) is 5.91 Å². The lowest BCUT2D eigenvalue weighted by Gasteiger charge is -2.18. The number of para-hydroxylation sites is 1. The zero-order valence-corrected chi connectivity index (χ0v) is 12.3. The minimum Gasteiger partial charge on any atom is -0.483 e. The molecule has 1 aromatic carbocycles. The van der Waals surface area contributed by atoms with E-state index in [1.807, 2.05) is 26.0 Å². The van der Waals surface area contributed by atoms with Crippen molar-refractivity contribution in [3.05, 3.63) is 23.8 Å². The summed E-state index contributed by atoms with van der Waals surface area (Å²) in [5.41, 5.74) is 5.77. The number of nitrogens with two attached hydrogens (primary N) is 1. The van der Waals surface area contributed by atoms with Crippen LogP contribution in [0.4, 0.5) is 0 Å². The van der Waals surface area contributed by atoms with Crippen molar-refractivity contribution in [2.45, 2.75) is 38.9 Å². The van der Waals surface area contributed by atoms with Gasteiger partial charge in [0.2, 0.25) is 0 Å². The Morgan fingerprint density at radius 3 is 2.81 bits per heavy atom. The third-order valence-electron chi connectivity index (χ3n) is 3.11. The minimum atomic E-state index is -0.974. The zero-order chi connectivity index (χ0) is 15.6. The summed E-state index contributed by atoms with van der Waals surface area (Å²) < 4.78 is 16.1. The number of carbonyl (C=O) groups is 2. The molecule has 0 spiro atoms. The third kappa shape index (κ3) is 3.65. The van der Waals surface area contributed by atoms with Gasteiger partial charge >= 0.3 is 5.97 Å². The predicted octanol–water partition coefficient (Wildman–Crippen LogP) is 1.20. The highest BCUT2D eigenvalue weighted by atomic mass is 16.6. The Bertz CT molecular complexity index is 567. The minimum absolute atomic E-state index is 0.289. The molecule has 2 N–H and O–H groups in total. The maximum absolute atomic E-state index is 11.6. The van der Waals surface area contributed by atoms with Crippen molar-refractivity contribution >= 4 is 11.9 Å². The van der Waals surface area contributed by atoms with Crippen molar-refractivity contribution in [1.82, 2.24) is 0 Å². The first-order valence-corrected chi connectivity index (χ1v) is 6.71. The highest BCUT2D eigenvalue weighted by Gasteiger charge is 2.32. The standard InChI is InChI=1S/C15H19NO5/c1-9(14(16)18)20-12(17)8-19-11-6-4-5-10-7-15(2,3)21-13(10)11/h4-6,9H,7-8H2,1-3H3,(H2,16,18). The van der Waals surface area contributed by atoms with E-state index in [1.54, 1.807) is 6.07 Å². The van der Waals surface area contributed by atoms with E-state index in [2.05, 4.69) is 0 Å². The molecule has 0 saturated carbocycles. The van der Waals surface area contributed by atoms with Crippen molar-refractivity contribution in [3.63, 3.8) is 0 Å². The van der Waals surface area contributed by atoms with Crippen molar-refractivity contribution < 1.29 is 23.8 Å². The summed E-state index contributed by atoms with van der Waals surface area (Å²) in [5, 5.41) is 0. The van der Waals surface area contributed by atoms with Gasteiger partial charge in [0, 0.05) is 12.0 Å². The van der Waals surface area contributed by atoms with E-state index >= 15 is 0 Å². The average molecular weight is 293 g/mol. The number of esters is 1. The molecule has 1 heterocycles. The van der Waals surface area contributed by atoms with E-state index in [9.17, 15) is 9.59 Å². The summed E-state index contributed by atoms with van der Waals surface area (Å²) >= 11 is 0. The fraction of sp³-hybridized carbons (Fsp3) is 0.467. The predicted molar refractivity (Wildman–Crippen MR) is 75.1 cm³/mol. The van der Waals surface area contributed by atoms with Crippen LogP contribution in [0.15, 0.2) is 18.2 Å². The van der Waals surface area contributed by atoms with Gasteiger partial charge in [0.15, 0.2) is 24.2 Å². The van der Waals surface area contributed by atoms with Crippen LogP contribution in [0.25, 0.3) is 0 Å². The number of hydrogen-bond donors (Lipinski definition) is 1. The Labute approximate surface area is 123 Å². The van der Waals surface area contributed by atoms with E-state index in [-0.39, 0.29) is 12.2 Å². The lowest BCUT2D eigenvalue weighted by atomic mass is 10.0. The molecule has 21 heavy (non-hydrogen) atoms. The molecule has 0 radical (unpaired) electrons. The third-order valence-corrected chi connectivity index (χ3v) is 3.11. The number of benzene rings is 1. The van der Waals surface area contributed by atoms with Crippen molar-refractivity contribution in [3.8, 4) is 11.5 Å². The van der Waals surface area contributed by atoms with E-state index in [0.717, 1.165) is 12.0 Å². The van der Waals surface area contributed by atoms with Crippen LogP contribution in [0, 0.1) is 0 Å². The number of carbonyl (C=O) groups excluding carboxylic acids is 2. The summed E-state index contributed by atoms with van der Waals surface area (Å²) in [6.45, 7) is 5.07. The fourth-order valence-corrected chi connectivity index (χ4v) is 2.13. The molecule has 0 aromatic heterocycles. The van der Waals surface area contributed by atoms with Gasteiger partial charge in [-0.15, -0.1) is 0 Å². The Balaban J connectivity index is 1.98. The summed E-state index contributed by atoms with van der Waals surface area (Å²) in [6, 6.07) is 5.53. The molecule has 1 aliphatic heterocycles. The van der Waals surface area contributed by atoms with Gasteiger partial charge in [0.1, 0.15) is 5.60 Å². The first-order chi connectivity index (χ1) is 9.78. The molecular formula is C15H19NO5. The molecule has 1 unspecified atom stereocenters. The maximum Gasteiger partial charge on any atom is 0.344 e. The SMILES string of the molecule is CC(OC(=O)COc1cccc2c1OC(C)(C)C2)C(N)=O. The molecule has 1 amide bonds. The number of amides is 1. The van der Waals surface area contributed by atoms with Gasteiger partial charge in [-0.25, -0.2) is 4.79 Å². The largest absolute Gasteiger partial charge is 0.483 e. The number of fused-ring (bicyclic) bond motifs is 1. The van der Waals surface area contributed by atoms with Crippen molar-refractivity contribution in [1.29, 1.82) is 0 Å². The van der Waals surface area contributed by atoms with Gasteiger partial charge in [-0.05, 0) is 26.8 Å². The molecule has 0 saturated heterocycles. The maximum atomic E-state index is 11.6. The quantitative estimate of drug-likeness (QED) is 0.824. The monoisotopic (exact) mass is 293 g/mol. The molecule has 0 aliphatic carbocycles. The summed E-state index contributed by atoms with van der Waals surface area (Å²) in [7, 11) is 0. The molecule has 114 valence electrons. The normalized spacial score (nSPS) is 16.5. The fourth-order valence-electron chi connectivity index (χ4n) is 2.13. The van der Waals surface area contributed by atoms with Crippen LogP contribution in [-0.2, 0) is 20.7 Å². The van der Waals surface area contributed by atoms with E-state index in [0.29, 0.717) is 11.5 Å². The van der Waals surface area contributed by atoms with Gasteiger partial charge < -0.3 is 19.9 Å². The van der Waals surface area contributed by atoms with Gasteiger partial charge in [-0.3, -0.25) is 4.79 Å². The highest BCUT2D eigenvalue weighted by Crippen LogP contribution is 2.41. The second kappa shape index (κ2) is 5.63. The molecule has 2 rings (SSSR count). The number of rotatable bonds is 5. The highest BCUT2D eigenvalue weighted by molar-refractivity contribution is 5.82. The molecule has 0 fully saturated rings. The number of hydrogen-bond acceptors (Lipinski definition) is 5. The second-order valence-corrected chi connectivity index (χ2v) is 5.61. The first kappa shape index (κ1) is 15.2. The number of primary amides is 1. The molecule has 0 bridgehead atoms. The van der Waals surface area contributed by atoms with E-state index in [4.69, 9.17) is 19.9 Å². The lowest BCUT2D eigenvalue weighted by Crippen LogP contribution is -2.32. The number of ether oxygens (including phenoxy) is 3. The van der Waals surface area contributed by atoms with Crippen LogP contribution in [0.3, 0.4) is 0 Å². The smallest absolute Gasteiger partial charge is 0.344 e. The van der Waals surface area contributed by atoms with Crippen LogP contribution in [0.1, 0.15) is 26.3 Å². The first-order valence-electron chi connectivity index (χ1n) is 6.71. The summed E-state index contributed by atoms with van der Waals surface area (Å²) in [4.78, 5) is 22.4. The van der Waals surface area contributed by atoms with Gasteiger partial charge in [0.05, 0.1) is 0 Å². The zero-order valence-electron chi connectivity index (χ0n) is 12.3. The average Bonchev–Trinajstić information content (AvgIpc) is 2.70. The van der Waals surface area contributed by atoms with Gasteiger partial charge in [-0.1, -0.05) is 12.1 Å². The Morgan fingerprint density at radius 1 is 1.43 bits per heavy atom. The molecule has 6 nitrogen and oxygen atoms in total. The second-order valence-electron chi connectivity index (χ2n) is 5.61. The molecule has 1 atom stereocenters.